The highest BCUT2D eigenvalue weighted by Crippen LogP contribution is 2.34. The van der Waals surface area contributed by atoms with Crippen LogP contribution < -0.4 is 4.74 Å². The predicted octanol–water partition coefficient (Wildman–Crippen LogP) is 6.92. The zero-order valence-corrected chi connectivity index (χ0v) is 18.9. The molecule has 1 fully saturated rings. The first-order valence-corrected chi connectivity index (χ1v) is 11.9. The van der Waals surface area contributed by atoms with Crippen molar-refractivity contribution in [3.63, 3.8) is 0 Å². The maximum absolute atomic E-state index is 14.2. The van der Waals surface area contributed by atoms with E-state index in [2.05, 4.69) is 16.9 Å². The lowest BCUT2D eigenvalue weighted by Gasteiger charge is -2.28. The third-order valence-electron chi connectivity index (χ3n) is 6.43. The van der Waals surface area contributed by atoms with Gasteiger partial charge in [0.25, 0.3) is 0 Å². The summed E-state index contributed by atoms with van der Waals surface area (Å²) in [6.45, 7) is 3.94. The van der Waals surface area contributed by atoms with Gasteiger partial charge in [0.15, 0.2) is 17.4 Å². The van der Waals surface area contributed by atoms with E-state index >= 15 is 0 Å². The summed E-state index contributed by atoms with van der Waals surface area (Å²) in [4.78, 5) is 20.2. The van der Waals surface area contributed by atoms with Gasteiger partial charge in [0.2, 0.25) is 0 Å². The number of hydrogen-bond donors (Lipinski definition) is 0. The van der Waals surface area contributed by atoms with E-state index < -0.39 is 11.8 Å². The van der Waals surface area contributed by atoms with Crippen molar-refractivity contribution in [2.24, 2.45) is 11.8 Å². The number of aromatic nitrogens is 2. The van der Waals surface area contributed by atoms with Gasteiger partial charge in [0.05, 0.1) is 0 Å². The highest BCUT2D eigenvalue weighted by molar-refractivity contribution is 5.72. The molecule has 1 aliphatic carbocycles. The molecule has 3 rings (SSSR count). The fourth-order valence-corrected chi connectivity index (χ4v) is 4.41. The average molecular weight is 427 g/mol. The molecule has 0 unspecified atom stereocenters. The van der Waals surface area contributed by atoms with Crippen LogP contribution in [-0.4, -0.2) is 15.9 Å². The van der Waals surface area contributed by atoms with Crippen LogP contribution in [0.15, 0.2) is 30.6 Å². The van der Waals surface area contributed by atoms with Crippen LogP contribution in [0, 0.1) is 17.7 Å². The monoisotopic (exact) mass is 426 g/mol. The lowest BCUT2D eigenvalue weighted by atomic mass is 9.78. The van der Waals surface area contributed by atoms with Crippen molar-refractivity contribution in [3.05, 3.63) is 42.0 Å². The van der Waals surface area contributed by atoms with Crippen molar-refractivity contribution in [3.8, 4) is 17.1 Å². The summed E-state index contributed by atoms with van der Waals surface area (Å²) in [5.41, 5.74) is 1.70. The molecule has 0 bridgehead atoms. The molecule has 0 N–H and O–H groups in total. The second kappa shape index (κ2) is 11.9. The van der Waals surface area contributed by atoms with E-state index in [4.69, 9.17) is 4.74 Å². The number of carbonyl (C=O) groups excluding carboxylic acids is 1. The molecule has 5 heteroatoms. The van der Waals surface area contributed by atoms with E-state index in [1.165, 1.54) is 69.9 Å². The van der Waals surface area contributed by atoms with Gasteiger partial charge < -0.3 is 4.74 Å². The third kappa shape index (κ3) is 7.12. The maximum atomic E-state index is 14.2. The molecule has 2 aromatic rings. The van der Waals surface area contributed by atoms with E-state index in [9.17, 15) is 9.18 Å². The lowest BCUT2D eigenvalue weighted by molar-refractivity contribution is -0.134. The number of unbranched alkanes of at least 4 members (excludes halogenated alkanes) is 2. The summed E-state index contributed by atoms with van der Waals surface area (Å²) < 4.78 is 19.2. The molecule has 0 saturated heterocycles. The molecule has 1 aliphatic rings. The van der Waals surface area contributed by atoms with Crippen LogP contribution in [0.3, 0.4) is 0 Å². The van der Waals surface area contributed by atoms with Crippen molar-refractivity contribution in [1.82, 2.24) is 9.97 Å². The highest BCUT2D eigenvalue weighted by atomic mass is 19.1. The lowest BCUT2D eigenvalue weighted by Crippen LogP contribution is -2.15. The average Bonchev–Trinajstić information content (AvgIpc) is 2.80. The van der Waals surface area contributed by atoms with Crippen LogP contribution in [0.1, 0.15) is 83.6 Å². The zero-order valence-electron chi connectivity index (χ0n) is 18.9. The van der Waals surface area contributed by atoms with Gasteiger partial charge in [-0.25, -0.2) is 14.4 Å². The molecule has 1 heterocycles. The minimum atomic E-state index is -0.586. The number of ether oxygens (including phenoxy) is 1. The molecule has 4 nitrogen and oxygen atoms in total. The Morgan fingerprint density at radius 1 is 1.03 bits per heavy atom. The maximum Gasteiger partial charge on any atom is 0.310 e. The molecule has 1 saturated carbocycles. The highest BCUT2D eigenvalue weighted by Gasteiger charge is 2.20. The van der Waals surface area contributed by atoms with Crippen molar-refractivity contribution >= 4 is 5.97 Å². The summed E-state index contributed by atoms with van der Waals surface area (Å²) in [6.07, 6.45) is 17.1. The summed E-state index contributed by atoms with van der Waals surface area (Å²) in [6, 6.07) is 4.44. The molecule has 168 valence electrons. The van der Waals surface area contributed by atoms with Gasteiger partial charge in [-0.05, 0) is 48.4 Å². The molecule has 31 heavy (non-hydrogen) atoms. The first-order valence-electron chi connectivity index (χ1n) is 11.9. The van der Waals surface area contributed by atoms with Crippen molar-refractivity contribution in [1.29, 1.82) is 0 Å². The van der Waals surface area contributed by atoms with E-state index in [0.29, 0.717) is 11.4 Å². The van der Waals surface area contributed by atoms with Crippen LogP contribution in [0.5, 0.6) is 5.75 Å². The van der Waals surface area contributed by atoms with Gasteiger partial charge >= 0.3 is 5.97 Å². The Kier molecular flexibility index (Phi) is 8.98. The molecule has 0 radical (unpaired) electrons. The number of rotatable bonds is 10. The zero-order chi connectivity index (χ0) is 22.1. The van der Waals surface area contributed by atoms with Gasteiger partial charge in [-0.2, -0.15) is 0 Å². The van der Waals surface area contributed by atoms with Crippen molar-refractivity contribution in [2.45, 2.75) is 84.5 Å². The Labute approximate surface area is 185 Å². The van der Waals surface area contributed by atoms with Gasteiger partial charge in [0.1, 0.15) is 0 Å². The molecule has 0 aliphatic heterocycles. The van der Waals surface area contributed by atoms with Crippen LogP contribution in [-0.2, 0) is 11.2 Å². The second-order valence-corrected chi connectivity index (χ2v) is 8.81. The second-order valence-electron chi connectivity index (χ2n) is 8.81. The SMILES string of the molecule is CCCCCC1CCC(CCc2cnc(-c3ccc(OC(=O)CC)c(F)c3)nc2)CC1. The fourth-order valence-electron chi connectivity index (χ4n) is 4.41. The minimum absolute atomic E-state index is 0.0627. The van der Waals surface area contributed by atoms with Crippen molar-refractivity contribution in [2.75, 3.05) is 0 Å². The standard InChI is InChI=1S/C26H35FN2O2/c1-3-5-6-7-19-8-10-20(11-9-19)12-13-21-17-28-26(29-18-21)22-14-15-24(23(27)16-22)31-25(30)4-2/h14-20H,3-13H2,1-2H3. The van der Waals surface area contributed by atoms with Gasteiger partial charge in [-0.3, -0.25) is 4.79 Å². The molecule has 0 amide bonds. The number of aryl methyl sites for hydroxylation is 1. The number of carbonyl (C=O) groups is 1. The molecule has 0 atom stereocenters. The predicted molar refractivity (Wildman–Crippen MR) is 121 cm³/mol. The van der Waals surface area contributed by atoms with Gasteiger partial charge in [-0.15, -0.1) is 0 Å². The van der Waals surface area contributed by atoms with Crippen LogP contribution >= 0.6 is 0 Å². The summed E-state index contributed by atoms with van der Waals surface area (Å²) in [5.74, 6) is 1.13. The topological polar surface area (TPSA) is 52.1 Å². The fraction of sp³-hybridized carbons (Fsp3) is 0.577. The molecule has 1 aromatic carbocycles. The summed E-state index contributed by atoms with van der Waals surface area (Å²) in [5, 5.41) is 0. The Morgan fingerprint density at radius 3 is 2.32 bits per heavy atom. The normalized spacial score (nSPS) is 18.7. The molecular formula is C26H35FN2O2. The van der Waals surface area contributed by atoms with E-state index in [1.807, 2.05) is 12.4 Å². The first kappa shape index (κ1) is 23.4. The van der Waals surface area contributed by atoms with Crippen LogP contribution in [0.25, 0.3) is 11.4 Å². The van der Waals surface area contributed by atoms with Gasteiger partial charge in [-0.1, -0.05) is 65.2 Å². The van der Waals surface area contributed by atoms with Crippen molar-refractivity contribution < 1.29 is 13.9 Å². The number of nitrogens with zero attached hydrogens (tertiary/aromatic N) is 2. The molecule has 0 spiro atoms. The number of esters is 1. The number of benzene rings is 1. The van der Waals surface area contributed by atoms with E-state index in [-0.39, 0.29) is 12.2 Å². The van der Waals surface area contributed by atoms with E-state index in [1.54, 1.807) is 13.0 Å². The number of halogens is 1. The Hall–Kier alpha value is -2.30. The smallest absolute Gasteiger partial charge is 0.310 e. The third-order valence-corrected chi connectivity index (χ3v) is 6.43. The quantitative estimate of drug-likeness (QED) is 0.235. The Balaban J connectivity index is 1.47. The van der Waals surface area contributed by atoms with Crippen LogP contribution in [0.4, 0.5) is 4.39 Å². The van der Waals surface area contributed by atoms with Gasteiger partial charge in [0, 0.05) is 24.4 Å². The summed E-state index contributed by atoms with van der Waals surface area (Å²) in [7, 11) is 0. The van der Waals surface area contributed by atoms with Crippen LogP contribution in [0.2, 0.25) is 0 Å². The Morgan fingerprint density at radius 2 is 1.71 bits per heavy atom. The van der Waals surface area contributed by atoms with E-state index in [0.717, 1.165) is 23.8 Å². The number of hydrogen-bond acceptors (Lipinski definition) is 4. The Bertz CT molecular complexity index is 830. The first-order chi connectivity index (χ1) is 15.1. The summed E-state index contributed by atoms with van der Waals surface area (Å²) >= 11 is 0. The minimum Gasteiger partial charge on any atom is -0.423 e. The molecule has 1 aromatic heterocycles. The largest absolute Gasteiger partial charge is 0.423 e. The molecular weight excluding hydrogens is 391 g/mol.